The van der Waals surface area contributed by atoms with Crippen molar-refractivity contribution in [1.82, 2.24) is 4.90 Å². The first-order chi connectivity index (χ1) is 8.15. The Morgan fingerprint density at radius 3 is 2.71 bits per heavy atom. The van der Waals surface area contributed by atoms with E-state index in [1.165, 1.54) is 6.08 Å². The highest BCUT2D eigenvalue weighted by molar-refractivity contribution is 5.92. The summed E-state index contributed by atoms with van der Waals surface area (Å²) in [6.45, 7) is 1.07. The summed E-state index contributed by atoms with van der Waals surface area (Å²) in [6.07, 6.45) is 3.58. The Morgan fingerprint density at radius 2 is 2.12 bits per heavy atom. The molecule has 3 N–H and O–H groups in total. The van der Waals surface area contributed by atoms with Gasteiger partial charge in [0.25, 0.3) is 0 Å². The summed E-state index contributed by atoms with van der Waals surface area (Å²) in [7, 11) is 0. The van der Waals surface area contributed by atoms with Crippen molar-refractivity contribution in [1.29, 1.82) is 0 Å². The van der Waals surface area contributed by atoms with Crippen LogP contribution in [0.5, 0.6) is 0 Å². The molecule has 0 aliphatic carbocycles. The topological polar surface area (TPSA) is 66.6 Å². The van der Waals surface area contributed by atoms with Crippen LogP contribution < -0.4 is 5.73 Å². The van der Waals surface area contributed by atoms with E-state index in [0.717, 1.165) is 5.56 Å². The number of likely N-dealkylation sites (tertiary alicyclic amines) is 1. The van der Waals surface area contributed by atoms with Crippen LogP contribution in [0.3, 0.4) is 0 Å². The molecule has 1 aliphatic heterocycles. The maximum absolute atomic E-state index is 11.7. The molecule has 0 saturated carbocycles. The van der Waals surface area contributed by atoms with Gasteiger partial charge in [-0.1, -0.05) is 12.1 Å². The quantitative estimate of drug-likeness (QED) is 0.587. The van der Waals surface area contributed by atoms with Crippen molar-refractivity contribution >= 4 is 17.7 Å². The zero-order valence-corrected chi connectivity index (χ0v) is 9.54. The molecule has 1 aromatic carbocycles. The third-order valence-electron chi connectivity index (χ3n) is 2.83. The highest BCUT2D eigenvalue weighted by Gasteiger charge is 2.22. The van der Waals surface area contributed by atoms with Gasteiger partial charge in [0.1, 0.15) is 0 Å². The summed E-state index contributed by atoms with van der Waals surface area (Å²) in [6, 6.07) is 7.31. The fourth-order valence-corrected chi connectivity index (χ4v) is 1.82. The van der Waals surface area contributed by atoms with E-state index in [0.29, 0.717) is 25.2 Å². The van der Waals surface area contributed by atoms with Gasteiger partial charge in [-0.2, -0.15) is 0 Å². The van der Waals surface area contributed by atoms with Crippen LogP contribution in [-0.4, -0.2) is 35.1 Å². The molecule has 0 radical (unpaired) electrons. The maximum atomic E-state index is 11.7. The van der Waals surface area contributed by atoms with Crippen molar-refractivity contribution in [2.24, 2.45) is 0 Å². The second kappa shape index (κ2) is 5.01. The summed E-state index contributed by atoms with van der Waals surface area (Å²) in [5, 5.41) is 9.33. The zero-order chi connectivity index (χ0) is 12.3. The molecule has 1 aliphatic rings. The molecular weight excluding hydrogens is 216 g/mol. The minimum atomic E-state index is -0.371. The minimum absolute atomic E-state index is 0.0571. The summed E-state index contributed by atoms with van der Waals surface area (Å²) in [5.41, 5.74) is 7.21. The van der Waals surface area contributed by atoms with Crippen molar-refractivity contribution in [2.75, 3.05) is 18.8 Å². The molecule has 2 rings (SSSR count). The molecule has 1 saturated heterocycles. The lowest BCUT2D eigenvalue weighted by atomic mass is 10.2. The van der Waals surface area contributed by atoms with Gasteiger partial charge in [0.15, 0.2) is 0 Å². The van der Waals surface area contributed by atoms with E-state index < -0.39 is 0 Å². The molecule has 1 heterocycles. The number of hydrogen-bond acceptors (Lipinski definition) is 3. The van der Waals surface area contributed by atoms with Gasteiger partial charge >= 0.3 is 0 Å². The maximum Gasteiger partial charge on any atom is 0.246 e. The summed E-state index contributed by atoms with van der Waals surface area (Å²) in [5.74, 6) is -0.0571. The molecule has 1 unspecified atom stereocenters. The van der Waals surface area contributed by atoms with Crippen molar-refractivity contribution in [3.05, 3.63) is 35.9 Å². The number of aliphatic hydroxyl groups excluding tert-OH is 1. The number of benzene rings is 1. The van der Waals surface area contributed by atoms with E-state index in [4.69, 9.17) is 5.73 Å². The van der Waals surface area contributed by atoms with Gasteiger partial charge in [-0.3, -0.25) is 4.79 Å². The average molecular weight is 232 g/mol. The van der Waals surface area contributed by atoms with Crippen LogP contribution in [0.2, 0.25) is 0 Å². The number of nitrogens with two attached hydrogens (primary N) is 1. The number of rotatable bonds is 2. The predicted molar refractivity (Wildman–Crippen MR) is 67.1 cm³/mol. The SMILES string of the molecule is Nc1ccc(/C=C/C(=O)N2CCC(O)C2)cc1. The van der Waals surface area contributed by atoms with E-state index in [-0.39, 0.29) is 12.0 Å². The van der Waals surface area contributed by atoms with Gasteiger partial charge < -0.3 is 15.7 Å². The summed E-state index contributed by atoms with van der Waals surface area (Å²) < 4.78 is 0. The van der Waals surface area contributed by atoms with Gasteiger partial charge in [-0.05, 0) is 30.2 Å². The molecule has 1 aromatic rings. The van der Waals surface area contributed by atoms with Crippen molar-refractivity contribution in [3.63, 3.8) is 0 Å². The molecule has 4 nitrogen and oxygen atoms in total. The predicted octanol–water partition coefficient (Wildman–Crippen LogP) is 0.875. The van der Waals surface area contributed by atoms with Gasteiger partial charge in [0.05, 0.1) is 6.10 Å². The second-order valence-corrected chi connectivity index (χ2v) is 4.23. The number of carbonyl (C=O) groups is 1. The third-order valence-corrected chi connectivity index (χ3v) is 2.83. The fraction of sp³-hybridized carbons (Fsp3) is 0.308. The van der Waals surface area contributed by atoms with Gasteiger partial charge in [0.2, 0.25) is 5.91 Å². The third kappa shape index (κ3) is 3.07. The molecule has 90 valence electrons. The highest BCUT2D eigenvalue weighted by Crippen LogP contribution is 2.11. The number of aliphatic hydroxyl groups is 1. The van der Waals surface area contributed by atoms with Crippen LogP contribution in [-0.2, 0) is 4.79 Å². The minimum Gasteiger partial charge on any atom is -0.399 e. The Morgan fingerprint density at radius 1 is 1.41 bits per heavy atom. The lowest BCUT2D eigenvalue weighted by Crippen LogP contribution is -2.27. The van der Waals surface area contributed by atoms with Gasteiger partial charge in [0, 0.05) is 24.9 Å². The summed E-state index contributed by atoms with van der Waals surface area (Å²) >= 11 is 0. The fourth-order valence-electron chi connectivity index (χ4n) is 1.82. The van der Waals surface area contributed by atoms with Gasteiger partial charge in [-0.25, -0.2) is 0 Å². The van der Waals surface area contributed by atoms with Crippen LogP contribution in [0.4, 0.5) is 5.69 Å². The highest BCUT2D eigenvalue weighted by atomic mass is 16.3. The molecule has 0 spiro atoms. The first-order valence-electron chi connectivity index (χ1n) is 5.66. The molecule has 17 heavy (non-hydrogen) atoms. The van der Waals surface area contributed by atoms with Crippen LogP contribution >= 0.6 is 0 Å². The molecule has 4 heteroatoms. The summed E-state index contributed by atoms with van der Waals surface area (Å²) in [4.78, 5) is 13.4. The van der Waals surface area contributed by atoms with Crippen LogP contribution in [0, 0.1) is 0 Å². The molecular formula is C13H16N2O2. The van der Waals surface area contributed by atoms with E-state index in [2.05, 4.69) is 0 Å². The normalized spacial score (nSPS) is 20.1. The first kappa shape index (κ1) is 11.7. The van der Waals surface area contributed by atoms with Crippen LogP contribution in [0.15, 0.2) is 30.3 Å². The second-order valence-electron chi connectivity index (χ2n) is 4.23. The average Bonchev–Trinajstić information content (AvgIpc) is 2.75. The van der Waals surface area contributed by atoms with Crippen LogP contribution in [0.25, 0.3) is 6.08 Å². The molecule has 1 fully saturated rings. The number of carbonyl (C=O) groups excluding carboxylic acids is 1. The van der Waals surface area contributed by atoms with Gasteiger partial charge in [-0.15, -0.1) is 0 Å². The Bertz CT molecular complexity index is 426. The number of amides is 1. The standard InChI is InChI=1S/C13H16N2O2/c14-11-4-1-10(2-5-11)3-6-13(17)15-8-7-12(16)9-15/h1-6,12,16H,7-9,14H2/b6-3+. The molecule has 0 aromatic heterocycles. The number of hydrogen-bond donors (Lipinski definition) is 2. The van der Waals surface area contributed by atoms with Crippen molar-refractivity contribution in [2.45, 2.75) is 12.5 Å². The molecule has 0 bridgehead atoms. The number of nitrogens with zero attached hydrogens (tertiary/aromatic N) is 1. The number of nitrogen functional groups attached to an aromatic ring is 1. The van der Waals surface area contributed by atoms with E-state index >= 15 is 0 Å². The monoisotopic (exact) mass is 232 g/mol. The Balaban J connectivity index is 1.96. The van der Waals surface area contributed by atoms with Crippen molar-refractivity contribution < 1.29 is 9.90 Å². The number of β-amino-alcohol motifs (C(OH)–C–C–N with tert-alkyl or cyclic N) is 1. The molecule has 1 amide bonds. The Hall–Kier alpha value is -1.81. The smallest absolute Gasteiger partial charge is 0.246 e. The first-order valence-corrected chi connectivity index (χ1v) is 5.66. The Labute approximate surface area is 100 Å². The number of anilines is 1. The lowest BCUT2D eigenvalue weighted by molar-refractivity contribution is -0.125. The van der Waals surface area contributed by atoms with E-state index in [1.54, 1.807) is 23.1 Å². The zero-order valence-electron chi connectivity index (χ0n) is 9.54. The lowest BCUT2D eigenvalue weighted by Gasteiger charge is -2.12. The van der Waals surface area contributed by atoms with E-state index in [1.807, 2.05) is 12.1 Å². The Kier molecular flexibility index (Phi) is 3.44. The molecule has 1 atom stereocenters. The van der Waals surface area contributed by atoms with Crippen molar-refractivity contribution in [3.8, 4) is 0 Å². The van der Waals surface area contributed by atoms with E-state index in [9.17, 15) is 9.90 Å². The largest absolute Gasteiger partial charge is 0.399 e. The van der Waals surface area contributed by atoms with Crippen LogP contribution in [0.1, 0.15) is 12.0 Å².